The van der Waals surface area contributed by atoms with Crippen LogP contribution in [0.15, 0.2) is 70.2 Å². The third-order valence-corrected chi connectivity index (χ3v) is 5.61. The fraction of sp³-hybridized carbons (Fsp3) is 0.0909. The number of ether oxygens (including phenoxy) is 1. The smallest absolute Gasteiger partial charge is 0.272 e. The number of carbonyl (C=O) groups excluding carboxylic acids is 2. The molecule has 30 heavy (non-hydrogen) atoms. The zero-order valence-corrected chi connectivity index (χ0v) is 16.5. The van der Waals surface area contributed by atoms with Crippen LogP contribution in [0.3, 0.4) is 0 Å². The maximum absolute atomic E-state index is 14.4. The minimum Gasteiger partial charge on any atom is -0.497 e. The Labute approximate surface area is 174 Å². The van der Waals surface area contributed by atoms with Gasteiger partial charge in [0, 0.05) is 6.07 Å². The molecule has 4 rings (SSSR count). The molecule has 1 aromatic heterocycles. The molecular weight excluding hydrogens is 412 g/mol. The van der Waals surface area contributed by atoms with Gasteiger partial charge < -0.3 is 9.15 Å². The first-order chi connectivity index (χ1) is 14.5. The van der Waals surface area contributed by atoms with Gasteiger partial charge in [-0.3, -0.25) is 9.59 Å². The largest absolute Gasteiger partial charge is 0.497 e. The van der Waals surface area contributed by atoms with Gasteiger partial charge in [-0.15, -0.1) is 11.8 Å². The molecule has 0 atom stereocenters. The second kappa shape index (κ2) is 8.16. The highest BCUT2D eigenvalue weighted by Crippen LogP contribution is 2.40. The minimum atomic E-state index is -0.997. The number of hydrogen-bond donors (Lipinski definition) is 0. The van der Waals surface area contributed by atoms with Crippen LogP contribution in [0.1, 0.15) is 11.3 Å². The summed E-state index contributed by atoms with van der Waals surface area (Å²) in [5.74, 6) is -1.64. The summed E-state index contributed by atoms with van der Waals surface area (Å²) >= 11 is 1.12. The molecule has 1 aliphatic rings. The van der Waals surface area contributed by atoms with E-state index in [1.54, 1.807) is 36.4 Å². The number of carbonyl (C=O) groups is 2. The lowest BCUT2D eigenvalue weighted by Gasteiger charge is -2.16. The van der Waals surface area contributed by atoms with Crippen LogP contribution in [0.4, 0.5) is 14.5 Å². The van der Waals surface area contributed by atoms with Crippen LogP contribution >= 0.6 is 11.8 Å². The molecule has 1 aliphatic heterocycles. The van der Waals surface area contributed by atoms with Crippen LogP contribution in [0.5, 0.6) is 5.75 Å². The van der Waals surface area contributed by atoms with E-state index >= 15 is 0 Å². The molecule has 2 aromatic carbocycles. The van der Waals surface area contributed by atoms with Crippen LogP contribution in [0, 0.1) is 11.6 Å². The number of amides is 2. The first-order valence-corrected chi connectivity index (χ1v) is 9.86. The van der Waals surface area contributed by atoms with Gasteiger partial charge in [0.1, 0.15) is 23.1 Å². The molecule has 0 N–H and O–H groups in total. The van der Waals surface area contributed by atoms with Gasteiger partial charge in [0.25, 0.3) is 11.8 Å². The van der Waals surface area contributed by atoms with Crippen LogP contribution in [-0.2, 0) is 15.3 Å². The predicted octanol–water partition coefficient (Wildman–Crippen LogP) is 4.78. The first kappa shape index (κ1) is 19.9. The zero-order valence-electron chi connectivity index (χ0n) is 15.7. The Kier molecular flexibility index (Phi) is 5.41. The average Bonchev–Trinajstić information content (AvgIpc) is 3.34. The number of methoxy groups -OCH3 is 1. The number of nitrogens with zero attached hydrogens (tertiary/aromatic N) is 1. The fourth-order valence-electron chi connectivity index (χ4n) is 3.08. The van der Waals surface area contributed by atoms with E-state index in [9.17, 15) is 18.4 Å². The van der Waals surface area contributed by atoms with E-state index in [2.05, 4.69) is 0 Å². The maximum atomic E-state index is 14.4. The molecule has 0 spiro atoms. The molecule has 2 amide bonds. The van der Waals surface area contributed by atoms with Gasteiger partial charge in [0.15, 0.2) is 0 Å². The number of imide groups is 1. The molecule has 0 radical (unpaired) electrons. The lowest BCUT2D eigenvalue weighted by atomic mass is 10.1. The predicted molar refractivity (Wildman–Crippen MR) is 109 cm³/mol. The van der Waals surface area contributed by atoms with Crippen molar-refractivity contribution < 1.29 is 27.5 Å². The van der Waals surface area contributed by atoms with Crippen molar-refractivity contribution in [3.05, 3.63) is 88.7 Å². The summed E-state index contributed by atoms with van der Waals surface area (Å²) in [5, 5.41) is 0. The van der Waals surface area contributed by atoms with Crippen LogP contribution in [-0.4, -0.2) is 18.9 Å². The van der Waals surface area contributed by atoms with E-state index in [1.807, 2.05) is 0 Å². The highest BCUT2D eigenvalue weighted by atomic mass is 32.2. The second-order valence-electron chi connectivity index (χ2n) is 6.34. The molecule has 0 saturated heterocycles. The van der Waals surface area contributed by atoms with Crippen molar-refractivity contribution in [2.75, 3.05) is 12.0 Å². The minimum absolute atomic E-state index is 0.142. The average molecular weight is 427 g/mol. The monoisotopic (exact) mass is 427 g/mol. The van der Waals surface area contributed by atoms with E-state index in [4.69, 9.17) is 9.15 Å². The Morgan fingerprint density at radius 1 is 1.03 bits per heavy atom. The topological polar surface area (TPSA) is 59.8 Å². The maximum Gasteiger partial charge on any atom is 0.272 e. The third kappa shape index (κ3) is 3.61. The van der Waals surface area contributed by atoms with Gasteiger partial charge >= 0.3 is 0 Å². The van der Waals surface area contributed by atoms with Crippen molar-refractivity contribution in [1.29, 1.82) is 0 Å². The van der Waals surface area contributed by atoms with Gasteiger partial charge in [-0.25, -0.2) is 13.7 Å². The zero-order chi connectivity index (χ0) is 21.3. The van der Waals surface area contributed by atoms with Crippen molar-refractivity contribution in [2.24, 2.45) is 0 Å². The van der Waals surface area contributed by atoms with Crippen LogP contribution in [0.2, 0.25) is 0 Å². The van der Waals surface area contributed by atoms with Gasteiger partial charge in [-0.2, -0.15) is 0 Å². The highest BCUT2D eigenvalue weighted by Gasteiger charge is 2.41. The van der Waals surface area contributed by atoms with E-state index in [0.29, 0.717) is 28.9 Å². The summed E-state index contributed by atoms with van der Waals surface area (Å²) in [5.41, 5.74) is 0.329. The molecule has 0 fully saturated rings. The highest BCUT2D eigenvalue weighted by molar-refractivity contribution is 8.03. The lowest BCUT2D eigenvalue weighted by Crippen LogP contribution is -2.32. The van der Waals surface area contributed by atoms with Crippen LogP contribution in [0.25, 0.3) is 5.57 Å². The summed E-state index contributed by atoms with van der Waals surface area (Å²) in [7, 11) is 1.52. The standard InChI is InChI=1S/C22H15F2NO4S/c1-28-15-7-4-13(5-8-15)19-20(30-12-16-3-2-10-29-16)22(27)25(21(19)26)18-9-6-14(23)11-17(18)24/h2-11H,12H2,1H3. The number of furan rings is 1. The number of hydrogen-bond acceptors (Lipinski definition) is 5. The van der Waals surface area contributed by atoms with E-state index in [1.165, 1.54) is 13.4 Å². The number of anilines is 1. The molecule has 5 nitrogen and oxygen atoms in total. The molecule has 152 valence electrons. The Morgan fingerprint density at radius 3 is 2.43 bits per heavy atom. The van der Waals surface area contributed by atoms with Crippen molar-refractivity contribution in [3.63, 3.8) is 0 Å². The van der Waals surface area contributed by atoms with Crippen molar-refractivity contribution in [1.82, 2.24) is 0 Å². The van der Waals surface area contributed by atoms with Crippen molar-refractivity contribution >= 4 is 34.8 Å². The normalized spacial score (nSPS) is 14.0. The fourth-order valence-corrected chi connectivity index (χ4v) is 4.09. The van der Waals surface area contributed by atoms with E-state index in [0.717, 1.165) is 28.8 Å². The summed E-state index contributed by atoms with van der Waals surface area (Å²) in [6, 6.07) is 12.8. The number of thioether (sulfide) groups is 1. The molecule has 0 saturated carbocycles. The summed E-state index contributed by atoms with van der Waals surface area (Å²) in [6.07, 6.45) is 1.51. The van der Waals surface area contributed by atoms with Gasteiger partial charge in [0.2, 0.25) is 0 Å². The second-order valence-corrected chi connectivity index (χ2v) is 7.33. The molecule has 2 heterocycles. The molecule has 3 aromatic rings. The lowest BCUT2D eigenvalue weighted by molar-refractivity contribution is -0.119. The first-order valence-electron chi connectivity index (χ1n) is 8.87. The molecule has 0 bridgehead atoms. The molecule has 0 aliphatic carbocycles. The third-order valence-electron chi connectivity index (χ3n) is 4.51. The summed E-state index contributed by atoms with van der Waals surface area (Å²) in [4.78, 5) is 27.2. The summed E-state index contributed by atoms with van der Waals surface area (Å²) < 4.78 is 38.1. The molecular formula is C22H15F2NO4S. The van der Waals surface area contributed by atoms with E-state index in [-0.39, 0.29) is 16.2 Å². The summed E-state index contributed by atoms with van der Waals surface area (Å²) in [6.45, 7) is 0. The van der Waals surface area contributed by atoms with Crippen molar-refractivity contribution in [2.45, 2.75) is 5.75 Å². The number of benzene rings is 2. The Hall–Kier alpha value is -3.39. The Morgan fingerprint density at radius 2 is 1.80 bits per heavy atom. The van der Waals surface area contributed by atoms with Crippen LogP contribution < -0.4 is 9.64 Å². The van der Waals surface area contributed by atoms with Gasteiger partial charge in [0.05, 0.1) is 35.3 Å². The quantitative estimate of drug-likeness (QED) is 0.530. The van der Waals surface area contributed by atoms with E-state index < -0.39 is 23.4 Å². The van der Waals surface area contributed by atoms with Gasteiger partial charge in [-0.1, -0.05) is 12.1 Å². The van der Waals surface area contributed by atoms with Crippen molar-refractivity contribution in [3.8, 4) is 5.75 Å². The SMILES string of the molecule is COc1ccc(C2=C(SCc3ccco3)C(=O)N(c3ccc(F)cc3F)C2=O)cc1. The molecule has 8 heteroatoms. The Balaban J connectivity index is 1.76. The number of rotatable bonds is 6. The van der Waals surface area contributed by atoms with Gasteiger partial charge in [-0.05, 0) is 42.0 Å². The number of halogens is 2. The molecule has 0 unspecified atom stereocenters. The Bertz CT molecular complexity index is 1140.